The van der Waals surface area contributed by atoms with Gasteiger partial charge < -0.3 is 14.9 Å². The van der Waals surface area contributed by atoms with E-state index in [1.54, 1.807) is 12.1 Å². The molecule has 104 valence electrons. The van der Waals surface area contributed by atoms with Crippen LogP contribution in [0.25, 0.3) is 0 Å². The first-order valence-corrected chi connectivity index (χ1v) is 6.35. The highest BCUT2D eigenvalue weighted by atomic mass is 35.5. The van der Waals surface area contributed by atoms with Crippen LogP contribution >= 0.6 is 11.6 Å². The number of phenols is 1. The maximum atomic E-state index is 11.1. The Morgan fingerprint density at radius 1 is 1.53 bits per heavy atom. The summed E-state index contributed by atoms with van der Waals surface area (Å²) in [5, 5.41) is 18.8. The van der Waals surface area contributed by atoms with E-state index in [4.69, 9.17) is 21.4 Å². The van der Waals surface area contributed by atoms with Gasteiger partial charge in [0.15, 0.2) is 0 Å². The Morgan fingerprint density at radius 2 is 2.26 bits per heavy atom. The van der Waals surface area contributed by atoms with Crippen molar-refractivity contribution in [2.45, 2.75) is 12.6 Å². The number of phenolic OH excluding ortho intramolecular Hbond substituents is 1. The second kappa shape index (κ2) is 5.77. The average molecular weight is 286 g/mol. The third kappa shape index (κ3) is 3.18. The summed E-state index contributed by atoms with van der Waals surface area (Å²) in [5.41, 5.74) is 0.918. The third-order valence-corrected chi connectivity index (χ3v) is 3.68. The first-order chi connectivity index (χ1) is 8.99. The molecule has 6 heteroatoms. The summed E-state index contributed by atoms with van der Waals surface area (Å²) in [5.74, 6) is -1.30. The molecule has 19 heavy (non-hydrogen) atoms. The lowest BCUT2D eigenvalue weighted by atomic mass is 10.0. The Labute approximate surface area is 116 Å². The van der Waals surface area contributed by atoms with E-state index >= 15 is 0 Å². The molecule has 1 saturated heterocycles. The van der Waals surface area contributed by atoms with Gasteiger partial charge in [0, 0.05) is 12.6 Å². The van der Waals surface area contributed by atoms with Crippen LogP contribution in [-0.4, -0.2) is 47.4 Å². The van der Waals surface area contributed by atoms with E-state index in [1.165, 1.54) is 6.07 Å². The van der Waals surface area contributed by atoms with E-state index in [0.29, 0.717) is 18.2 Å². The zero-order chi connectivity index (χ0) is 14.0. The molecule has 2 unspecified atom stereocenters. The SMILES string of the molecule is CN(Cc1ccc(O)c(Cl)c1)C1COCC1C(=O)O. The summed E-state index contributed by atoms with van der Waals surface area (Å²) < 4.78 is 5.24. The number of carboxylic acids is 1. The summed E-state index contributed by atoms with van der Waals surface area (Å²) in [7, 11) is 1.86. The second-order valence-corrected chi connectivity index (χ2v) is 5.16. The first-order valence-electron chi connectivity index (χ1n) is 5.97. The number of ether oxygens (including phenoxy) is 1. The van der Waals surface area contributed by atoms with Gasteiger partial charge >= 0.3 is 5.97 Å². The molecule has 0 aliphatic carbocycles. The number of aromatic hydroxyl groups is 1. The van der Waals surface area contributed by atoms with Crippen molar-refractivity contribution in [2.24, 2.45) is 5.92 Å². The van der Waals surface area contributed by atoms with Crippen LogP contribution < -0.4 is 0 Å². The molecule has 5 nitrogen and oxygen atoms in total. The van der Waals surface area contributed by atoms with Crippen molar-refractivity contribution >= 4 is 17.6 Å². The Hall–Kier alpha value is -1.30. The summed E-state index contributed by atoms with van der Waals surface area (Å²) in [6.07, 6.45) is 0. The largest absolute Gasteiger partial charge is 0.506 e. The van der Waals surface area contributed by atoms with Crippen LogP contribution in [0.5, 0.6) is 5.75 Å². The minimum absolute atomic E-state index is 0.0423. The van der Waals surface area contributed by atoms with E-state index in [9.17, 15) is 9.90 Å². The highest BCUT2D eigenvalue weighted by Gasteiger charge is 2.36. The van der Waals surface area contributed by atoms with Crippen LogP contribution in [0, 0.1) is 5.92 Å². The number of benzene rings is 1. The molecule has 0 bridgehead atoms. The van der Waals surface area contributed by atoms with Gasteiger partial charge in [0.1, 0.15) is 5.75 Å². The van der Waals surface area contributed by atoms with Crippen molar-refractivity contribution < 1.29 is 19.7 Å². The molecular formula is C13H16ClNO4. The molecule has 1 aromatic carbocycles. The van der Waals surface area contributed by atoms with Gasteiger partial charge in [-0.15, -0.1) is 0 Å². The fraction of sp³-hybridized carbons (Fsp3) is 0.462. The molecule has 1 heterocycles. The number of rotatable bonds is 4. The van der Waals surface area contributed by atoms with E-state index in [2.05, 4.69) is 0 Å². The second-order valence-electron chi connectivity index (χ2n) is 4.75. The molecular weight excluding hydrogens is 270 g/mol. The van der Waals surface area contributed by atoms with Gasteiger partial charge in [-0.3, -0.25) is 9.69 Å². The molecule has 0 radical (unpaired) electrons. The predicted octanol–water partition coefficient (Wildman–Crippen LogP) is 1.58. The van der Waals surface area contributed by atoms with Crippen molar-refractivity contribution in [3.8, 4) is 5.75 Å². The normalized spacial score (nSPS) is 22.9. The number of carboxylic acid groups (broad SMARTS) is 1. The van der Waals surface area contributed by atoms with E-state index in [1.807, 2.05) is 11.9 Å². The van der Waals surface area contributed by atoms with Gasteiger partial charge in [-0.05, 0) is 24.7 Å². The summed E-state index contributed by atoms with van der Waals surface area (Å²) in [6, 6.07) is 4.83. The molecule has 1 aliphatic heterocycles. The van der Waals surface area contributed by atoms with Crippen LogP contribution in [0.3, 0.4) is 0 Å². The molecule has 2 rings (SSSR count). The number of hydrogen-bond donors (Lipinski definition) is 2. The van der Waals surface area contributed by atoms with Crippen molar-refractivity contribution in [3.05, 3.63) is 28.8 Å². The van der Waals surface area contributed by atoms with E-state index in [0.717, 1.165) is 5.56 Å². The highest BCUT2D eigenvalue weighted by molar-refractivity contribution is 6.32. The molecule has 0 spiro atoms. The topological polar surface area (TPSA) is 70.0 Å². The van der Waals surface area contributed by atoms with Crippen LogP contribution in [0.4, 0.5) is 0 Å². The Balaban J connectivity index is 2.05. The number of nitrogens with zero attached hydrogens (tertiary/aromatic N) is 1. The van der Waals surface area contributed by atoms with Crippen LogP contribution in [0.15, 0.2) is 18.2 Å². The summed E-state index contributed by atoms with van der Waals surface area (Å²) >= 11 is 5.85. The quantitative estimate of drug-likeness (QED) is 0.879. The monoisotopic (exact) mass is 285 g/mol. The standard InChI is InChI=1S/C13H16ClNO4/c1-15(11-7-19-6-9(11)13(17)18)5-8-2-3-12(16)10(14)4-8/h2-4,9,11,16H,5-7H2,1H3,(H,17,18). The van der Waals surface area contributed by atoms with E-state index < -0.39 is 11.9 Å². The zero-order valence-corrected chi connectivity index (χ0v) is 11.3. The number of halogens is 1. The van der Waals surface area contributed by atoms with Crippen molar-refractivity contribution in [3.63, 3.8) is 0 Å². The lowest BCUT2D eigenvalue weighted by Gasteiger charge is -2.26. The fourth-order valence-electron chi connectivity index (χ4n) is 2.27. The molecule has 0 amide bonds. The first kappa shape index (κ1) is 14.1. The summed E-state index contributed by atoms with van der Waals surface area (Å²) in [4.78, 5) is 13.0. The van der Waals surface area contributed by atoms with Gasteiger partial charge in [-0.1, -0.05) is 17.7 Å². The molecule has 0 saturated carbocycles. The maximum absolute atomic E-state index is 11.1. The van der Waals surface area contributed by atoms with Crippen LogP contribution in [-0.2, 0) is 16.1 Å². The Kier molecular flexibility index (Phi) is 4.29. The van der Waals surface area contributed by atoms with Crippen molar-refractivity contribution in [1.82, 2.24) is 4.90 Å². The number of carbonyl (C=O) groups is 1. The van der Waals surface area contributed by atoms with Gasteiger partial charge in [0.2, 0.25) is 0 Å². The smallest absolute Gasteiger partial charge is 0.310 e. The van der Waals surface area contributed by atoms with Crippen molar-refractivity contribution in [2.75, 3.05) is 20.3 Å². The lowest BCUT2D eigenvalue weighted by molar-refractivity contribution is -0.143. The molecule has 0 aromatic heterocycles. The molecule has 2 N–H and O–H groups in total. The third-order valence-electron chi connectivity index (χ3n) is 3.38. The predicted molar refractivity (Wildman–Crippen MR) is 70.3 cm³/mol. The van der Waals surface area contributed by atoms with Gasteiger partial charge in [0.05, 0.1) is 24.2 Å². The molecule has 1 fully saturated rings. The van der Waals surface area contributed by atoms with Crippen LogP contribution in [0.2, 0.25) is 5.02 Å². The lowest BCUT2D eigenvalue weighted by Crippen LogP contribution is -2.40. The van der Waals surface area contributed by atoms with Crippen molar-refractivity contribution in [1.29, 1.82) is 0 Å². The Morgan fingerprint density at radius 3 is 2.89 bits per heavy atom. The maximum Gasteiger partial charge on any atom is 0.310 e. The molecule has 1 aliphatic rings. The van der Waals surface area contributed by atoms with Crippen LogP contribution in [0.1, 0.15) is 5.56 Å². The zero-order valence-electron chi connectivity index (χ0n) is 10.5. The highest BCUT2D eigenvalue weighted by Crippen LogP contribution is 2.26. The number of aliphatic carboxylic acids is 1. The summed E-state index contributed by atoms with van der Waals surface area (Å²) in [6.45, 7) is 1.22. The number of likely N-dealkylation sites (N-methyl/N-ethyl adjacent to an activating group) is 1. The molecule has 1 aromatic rings. The Bertz CT molecular complexity index is 480. The average Bonchev–Trinajstić information content (AvgIpc) is 2.83. The van der Waals surface area contributed by atoms with E-state index in [-0.39, 0.29) is 18.4 Å². The molecule has 2 atom stereocenters. The fourth-order valence-corrected chi connectivity index (χ4v) is 2.47. The van der Waals surface area contributed by atoms with Gasteiger partial charge in [-0.25, -0.2) is 0 Å². The van der Waals surface area contributed by atoms with Gasteiger partial charge in [0.25, 0.3) is 0 Å². The van der Waals surface area contributed by atoms with Gasteiger partial charge in [-0.2, -0.15) is 0 Å². The minimum Gasteiger partial charge on any atom is -0.506 e. The number of hydrogen-bond acceptors (Lipinski definition) is 4. The minimum atomic E-state index is -0.835.